The summed E-state index contributed by atoms with van der Waals surface area (Å²) in [5, 5.41) is 9.42. The largest absolute Gasteiger partial charge is 0.317 e. The van der Waals surface area contributed by atoms with Crippen LogP contribution in [0.5, 0.6) is 0 Å². The molecule has 1 aromatic heterocycles. The molecule has 19 heavy (non-hydrogen) atoms. The van der Waals surface area contributed by atoms with Crippen molar-refractivity contribution in [2.45, 2.75) is 38.3 Å². The van der Waals surface area contributed by atoms with Gasteiger partial charge in [0.2, 0.25) is 0 Å². The standard InChI is InChI=1S/C13H13BrClN3O/c1-13(2,7-16)18(9-3-4-9)12(19)10-5-8(14)6-17-11(10)15/h5-6,9H,3-4H2,1-2H3. The van der Waals surface area contributed by atoms with Crippen molar-refractivity contribution in [3.05, 3.63) is 27.5 Å². The van der Waals surface area contributed by atoms with Crippen molar-refractivity contribution in [1.29, 1.82) is 5.26 Å². The summed E-state index contributed by atoms with van der Waals surface area (Å²) in [5.41, 5.74) is -0.532. The number of carbonyl (C=O) groups is 1. The third-order valence-electron chi connectivity index (χ3n) is 3.04. The number of rotatable bonds is 3. The number of pyridine rings is 1. The number of aromatic nitrogens is 1. The van der Waals surface area contributed by atoms with Crippen LogP contribution in [-0.4, -0.2) is 27.4 Å². The predicted molar refractivity (Wildman–Crippen MR) is 75.8 cm³/mol. The number of nitrogens with zero attached hydrogens (tertiary/aromatic N) is 3. The molecule has 1 aromatic rings. The second kappa shape index (κ2) is 5.10. The highest BCUT2D eigenvalue weighted by atomic mass is 79.9. The normalized spacial score (nSPS) is 14.9. The molecule has 0 bridgehead atoms. The van der Waals surface area contributed by atoms with E-state index in [1.165, 1.54) is 6.20 Å². The number of nitriles is 1. The predicted octanol–water partition coefficient (Wildman–Crippen LogP) is 3.40. The second-order valence-electron chi connectivity index (χ2n) is 5.07. The molecular weight excluding hydrogens is 330 g/mol. The molecule has 1 heterocycles. The summed E-state index contributed by atoms with van der Waals surface area (Å²) in [6, 6.07) is 3.94. The van der Waals surface area contributed by atoms with Gasteiger partial charge in [-0.05, 0) is 48.7 Å². The Morgan fingerprint density at radius 2 is 2.26 bits per heavy atom. The molecule has 2 rings (SSSR count). The smallest absolute Gasteiger partial charge is 0.258 e. The molecule has 0 unspecified atom stereocenters. The van der Waals surface area contributed by atoms with Gasteiger partial charge < -0.3 is 4.90 Å². The van der Waals surface area contributed by atoms with Gasteiger partial charge >= 0.3 is 0 Å². The molecule has 0 aliphatic heterocycles. The first-order chi connectivity index (χ1) is 8.86. The first-order valence-electron chi connectivity index (χ1n) is 5.93. The molecule has 0 spiro atoms. The van der Waals surface area contributed by atoms with Crippen molar-refractivity contribution in [3.63, 3.8) is 0 Å². The Kier molecular flexibility index (Phi) is 3.84. The molecule has 0 atom stereocenters. The SMILES string of the molecule is CC(C)(C#N)N(C(=O)c1cc(Br)cnc1Cl)C1CC1. The summed E-state index contributed by atoms with van der Waals surface area (Å²) in [4.78, 5) is 18.2. The molecule has 1 aliphatic rings. The second-order valence-corrected chi connectivity index (χ2v) is 6.34. The van der Waals surface area contributed by atoms with Crippen LogP contribution in [0.25, 0.3) is 0 Å². The van der Waals surface area contributed by atoms with E-state index in [1.807, 2.05) is 0 Å². The Morgan fingerprint density at radius 1 is 1.63 bits per heavy atom. The number of amides is 1. The molecule has 1 aliphatic carbocycles. The highest BCUT2D eigenvalue weighted by Crippen LogP contribution is 2.35. The first-order valence-corrected chi connectivity index (χ1v) is 7.10. The number of hydrogen-bond acceptors (Lipinski definition) is 3. The Labute approximate surface area is 125 Å². The van der Waals surface area contributed by atoms with Gasteiger partial charge in [-0.15, -0.1) is 0 Å². The van der Waals surface area contributed by atoms with E-state index in [9.17, 15) is 10.1 Å². The zero-order valence-corrected chi connectivity index (χ0v) is 13.0. The Bertz CT molecular complexity index is 563. The Balaban J connectivity index is 2.41. The van der Waals surface area contributed by atoms with E-state index in [0.717, 1.165) is 12.8 Å². The van der Waals surface area contributed by atoms with E-state index in [4.69, 9.17) is 11.6 Å². The summed E-state index contributed by atoms with van der Waals surface area (Å²) in [6.07, 6.45) is 3.39. The lowest BCUT2D eigenvalue weighted by Crippen LogP contribution is -2.48. The minimum absolute atomic E-state index is 0.122. The Morgan fingerprint density at radius 3 is 2.79 bits per heavy atom. The van der Waals surface area contributed by atoms with Gasteiger partial charge in [0.15, 0.2) is 0 Å². The van der Waals surface area contributed by atoms with Crippen LogP contribution in [0, 0.1) is 11.3 Å². The summed E-state index contributed by atoms with van der Waals surface area (Å²) >= 11 is 9.27. The zero-order valence-electron chi connectivity index (χ0n) is 10.7. The lowest BCUT2D eigenvalue weighted by molar-refractivity contribution is 0.0615. The van der Waals surface area contributed by atoms with Crippen LogP contribution in [-0.2, 0) is 0 Å². The quantitative estimate of drug-likeness (QED) is 0.791. The lowest BCUT2D eigenvalue weighted by atomic mass is 10.0. The summed E-state index contributed by atoms with van der Waals surface area (Å²) < 4.78 is 0.686. The van der Waals surface area contributed by atoms with Gasteiger partial charge in [-0.1, -0.05) is 11.6 Å². The molecule has 1 saturated carbocycles. The number of carbonyl (C=O) groups excluding carboxylic acids is 1. The summed E-state index contributed by atoms with van der Waals surface area (Å²) in [7, 11) is 0. The van der Waals surface area contributed by atoms with E-state index < -0.39 is 5.54 Å². The minimum atomic E-state index is -0.857. The third-order valence-corrected chi connectivity index (χ3v) is 3.78. The van der Waals surface area contributed by atoms with Crippen molar-refractivity contribution in [2.75, 3.05) is 0 Å². The van der Waals surface area contributed by atoms with Crippen molar-refractivity contribution in [3.8, 4) is 6.07 Å². The van der Waals surface area contributed by atoms with Crippen LogP contribution in [0.2, 0.25) is 5.15 Å². The lowest BCUT2D eigenvalue weighted by Gasteiger charge is -2.33. The Hall–Kier alpha value is -1.12. The number of halogens is 2. The van der Waals surface area contributed by atoms with Crippen LogP contribution < -0.4 is 0 Å². The van der Waals surface area contributed by atoms with Gasteiger partial charge in [0.25, 0.3) is 5.91 Å². The molecule has 0 radical (unpaired) electrons. The minimum Gasteiger partial charge on any atom is -0.317 e. The molecular formula is C13H13BrClN3O. The molecule has 1 fully saturated rings. The first kappa shape index (κ1) is 14.3. The average molecular weight is 343 g/mol. The van der Waals surface area contributed by atoms with Gasteiger partial charge in [0, 0.05) is 16.7 Å². The van der Waals surface area contributed by atoms with E-state index in [-0.39, 0.29) is 17.1 Å². The third kappa shape index (κ3) is 2.90. The monoisotopic (exact) mass is 341 g/mol. The summed E-state index contributed by atoms with van der Waals surface area (Å²) in [6.45, 7) is 3.48. The maximum Gasteiger partial charge on any atom is 0.258 e. The van der Waals surface area contributed by atoms with Gasteiger partial charge in [-0.3, -0.25) is 4.79 Å². The van der Waals surface area contributed by atoms with E-state index in [0.29, 0.717) is 10.0 Å². The number of hydrogen-bond donors (Lipinski definition) is 0. The molecule has 0 aromatic carbocycles. The molecule has 6 heteroatoms. The molecule has 100 valence electrons. The fraction of sp³-hybridized carbons (Fsp3) is 0.462. The maximum absolute atomic E-state index is 12.6. The summed E-state index contributed by atoms with van der Waals surface area (Å²) in [5.74, 6) is -0.243. The topological polar surface area (TPSA) is 57.0 Å². The van der Waals surface area contributed by atoms with Crippen molar-refractivity contribution < 1.29 is 4.79 Å². The van der Waals surface area contributed by atoms with E-state index >= 15 is 0 Å². The maximum atomic E-state index is 12.6. The van der Waals surface area contributed by atoms with Gasteiger partial charge in [-0.25, -0.2) is 4.98 Å². The average Bonchev–Trinajstić information content (AvgIpc) is 3.16. The van der Waals surface area contributed by atoms with Gasteiger partial charge in [-0.2, -0.15) is 5.26 Å². The van der Waals surface area contributed by atoms with Gasteiger partial charge in [0.1, 0.15) is 10.7 Å². The van der Waals surface area contributed by atoms with Crippen molar-refractivity contribution >= 4 is 33.4 Å². The van der Waals surface area contributed by atoms with Crippen LogP contribution >= 0.6 is 27.5 Å². The highest BCUT2D eigenvalue weighted by Gasteiger charge is 2.42. The van der Waals surface area contributed by atoms with Crippen molar-refractivity contribution in [1.82, 2.24) is 9.88 Å². The highest BCUT2D eigenvalue weighted by molar-refractivity contribution is 9.10. The van der Waals surface area contributed by atoms with E-state index in [1.54, 1.807) is 24.8 Å². The van der Waals surface area contributed by atoms with E-state index in [2.05, 4.69) is 27.0 Å². The fourth-order valence-corrected chi connectivity index (χ4v) is 2.48. The van der Waals surface area contributed by atoms with Gasteiger partial charge in [0.05, 0.1) is 11.6 Å². The van der Waals surface area contributed by atoms with Crippen LogP contribution in [0.4, 0.5) is 0 Å². The molecule has 0 N–H and O–H groups in total. The molecule has 0 saturated heterocycles. The van der Waals surface area contributed by atoms with Crippen molar-refractivity contribution in [2.24, 2.45) is 0 Å². The molecule has 4 nitrogen and oxygen atoms in total. The van der Waals surface area contributed by atoms with Crippen LogP contribution in [0.3, 0.4) is 0 Å². The molecule has 1 amide bonds. The fourth-order valence-electron chi connectivity index (χ4n) is 1.97. The zero-order chi connectivity index (χ0) is 14.2. The van der Waals surface area contributed by atoms with Crippen LogP contribution in [0.1, 0.15) is 37.0 Å². The van der Waals surface area contributed by atoms with Crippen LogP contribution in [0.15, 0.2) is 16.7 Å².